The summed E-state index contributed by atoms with van der Waals surface area (Å²) in [5.74, 6) is -2.22. The number of esters is 2. The molecule has 0 N–H and O–H groups in total. The molecule has 1 atom stereocenters. The fraction of sp³-hybridized carbons (Fsp3) is 0.471. The van der Waals surface area contributed by atoms with E-state index in [0.717, 1.165) is 0 Å². The quantitative estimate of drug-likeness (QED) is 0.254. The zero-order valence-corrected chi connectivity index (χ0v) is 14.0. The Morgan fingerprint density at radius 3 is 2.20 bits per heavy atom. The molecule has 0 radical (unpaired) electrons. The summed E-state index contributed by atoms with van der Waals surface area (Å²) >= 11 is 0. The van der Waals surface area contributed by atoms with Crippen LogP contribution >= 0.6 is 0 Å². The Labute approximate surface area is 144 Å². The van der Waals surface area contributed by atoms with Crippen molar-refractivity contribution in [2.45, 2.75) is 25.7 Å². The van der Waals surface area contributed by atoms with Crippen molar-refractivity contribution in [1.29, 1.82) is 0 Å². The molecule has 0 saturated heterocycles. The molecule has 25 heavy (non-hydrogen) atoms. The predicted molar refractivity (Wildman–Crippen MR) is 85.8 cm³/mol. The molecular formula is C17H19NO7. The SMILES string of the molecule is COC(=O)C1(C(=O)OC)CCC[C@H]1CC(=O)c1ccc([N+](=O)[O-])cc1. The van der Waals surface area contributed by atoms with Gasteiger partial charge in [-0.1, -0.05) is 6.42 Å². The van der Waals surface area contributed by atoms with E-state index in [1.165, 1.54) is 38.5 Å². The van der Waals surface area contributed by atoms with Crippen molar-refractivity contribution in [3.63, 3.8) is 0 Å². The summed E-state index contributed by atoms with van der Waals surface area (Å²) in [6.45, 7) is 0. The number of ether oxygens (including phenoxy) is 2. The van der Waals surface area contributed by atoms with Gasteiger partial charge in [-0.05, 0) is 30.9 Å². The first-order chi connectivity index (χ1) is 11.9. The Bertz CT molecular complexity index is 679. The molecule has 0 aliphatic heterocycles. The highest BCUT2D eigenvalue weighted by molar-refractivity contribution is 6.02. The monoisotopic (exact) mass is 349 g/mol. The fourth-order valence-corrected chi connectivity index (χ4v) is 3.45. The van der Waals surface area contributed by atoms with Crippen LogP contribution in [0, 0.1) is 21.4 Å². The van der Waals surface area contributed by atoms with Crippen LogP contribution in [0.4, 0.5) is 5.69 Å². The van der Waals surface area contributed by atoms with E-state index in [9.17, 15) is 24.5 Å². The molecule has 2 rings (SSSR count). The first-order valence-corrected chi connectivity index (χ1v) is 7.81. The minimum Gasteiger partial charge on any atom is -0.468 e. The number of carbonyl (C=O) groups is 3. The summed E-state index contributed by atoms with van der Waals surface area (Å²) in [5, 5.41) is 10.7. The Morgan fingerprint density at radius 2 is 1.72 bits per heavy atom. The van der Waals surface area contributed by atoms with Crippen molar-refractivity contribution in [2.75, 3.05) is 14.2 Å². The van der Waals surface area contributed by atoms with Gasteiger partial charge in [0.2, 0.25) is 0 Å². The second-order valence-corrected chi connectivity index (χ2v) is 5.97. The van der Waals surface area contributed by atoms with E-state index in [2.05, 4.69) is 0 Å². The van der Waals surface area contributed by atoms with Gasteiger partial charge in [0.05, 0.1) is 19.1 Å². The van der Waals surface area contributed by atoms with E-state index in [0.29, 0.717) is 18.4 Å². The molecule has 0 bridgehead atoms. The number of benzene rings is 1. The lowest BCUT2D eigenvalue weighted by atomic mass is 9.75. The standard InChI is InChI=1S/C17H19NO7/c1-24-15(20)17(16(21)25-2)9-3-4-12(17)10-14(19)11-5-7-13(8-6-11)18(22)23/h5-8,12H,3-4,9-10H2,1-2H3/t12-/m0/s1. The molecule has 1 aromatic rings. The lowest BCUT2D eigenvalue weighted by molar-refractivity contribution is -0.384. The molecule has 134 valence electrons. The maximum atomic E-state index is 12.5. The molecular weight excluding hydrogens is 330 g/mol. The molecule has 8 heteroatoms. The van der Waals surface area contributed by atoms with Crippen LogP contribution in [0.5, 0.6) is 0 Å². The van der Waals surface area contributed by atoms with Crippen molar-refractivity contribution >= 4 is 23.4 Å². The Morgan fingerprint density at radius 1 is 1.16 bits per heavy atom. The van der Waals surface area contributed by atoms with Gasteiger partial charge in [0.25, 0.3) is 5.69 Å². The van der Waals surface area contributed by atoms with E-state index in [-0.39, 0.29) is 24.3 Å². The molecule has 0 heterocycles. The summed E-state index contributed by atoms with van der Waals surface area (Å²) in [5.41, 5.74) is -1.29. The number of Topliss-reactive ketones (excluding diaryl/α,β-unsaturated/α-hetero) is 1. The molecule has 1 saturated carbocycles. The molecule has 0 amide bonds. The van der Waals surface area contributed by atoms with E-state index in [1.807, 2.05) is 0 Å². The van der Waals surface area contributed by atoms with Crippen LogP contribution in [0.15, 0.2) is 24.3 Å². The van der Waals surface area contributed by atoms with Crippen molar-refractivity contribution in [3.05, 3.63) is 39.9 Å². The van der Waals surface area contributed by atoms with E-state index in [4.69, 9.17) is 9.47 Å². The normalized spacial score (nSPS) is 18.4. The number of hydrogen-bond acceptors (Lipinski definition) is 7. The molecule has 1 fully saturated rings. The average Bonchev–Trinajstić information content (AvgIpc) is 3.04. The van der Waals surface area contributed by atoms with Crippen LogP contribution in [-0.4, -0.2) is 36.9 Å². The van der Waals surface area contributed by atoms with Crippen LogP contribution in [-0.2, 0) is 19.1 Å². The first-order valence-electron chi connectivity index (χ1n) is 7.81. The van der Waals surface area contributed by atoms with Crippen LogP contribution in [0.25, 0.3) is 0 Å². The third kappa shape index (κ3) is 3.38. The van der Waals surface area contributed by atoms with Gasteiger partial charge in [0, 0.05) is 24.1 Å². The predicted octanol–water partition coefficient (Wildman–Crippen LogP) is 2.30. The molecule has 0 spiro atoms. The highest BCUT2D eigenvalue weighted by Crippen LogP contribution is 2.47. The van der Waals surface area contributed by atoms with E-state index < -0.39 is 28.2 Å². The highest BCUT2D eigenvalue weighted by atomic mass is 16.6. The minimum absolute atomic E-state index is 0.0397. The molecule has 0 aromatic heterocycles. The lowest BCUT2D eigenvalue weighted by Gasteiger charge is -2.29. The first kappa shape index (κ1) is 18.6. The van der Waals surface area contributed by atoms with Gasteiger partial charge in [0.15, 0.2) is 11.2 Å². The number of nitro benzene ring substituents is 1. The molecule has 0 unspecified atom stereocenters. The van der Waals surface area contributed by atoms with Gasteiger partial charge < -0.3 is 9.47 Å². The van der Waals surface area contributed by atoms with Crippen molar-refractivity contribution in [2.24, 2.45) is 11.3 Å². The number of nitrogens with zero attached hydrogens (tertiary/aromatic N) is 1. The zero-order chi connectivity index (χ0) is 18.6. The second-order valence-electron chi connectivity index (χ2n) is 5.97. The number of rotatable bonds is 6. The third-order valence-electron chi connectivity index (χ3n) is 4.75. The summed E-state index contributed by atoms with van der Waals surface area (Å²) in [4.78, 5) is 47.2. The summed E-state index contributed by atoms with van der Waals surface area (Å²) in [6.07, 6.45) is 1.35. The topological polar surface area (TPSA) is 113 Å². The number of ketones is 1. The molecule has 1 aliphatic rings. The van der Waals surface area contributed by atoms with Gasteiger partial charge in [-0.3, -0.25) is 24.5 Å². The molecule has 1 aromatic carbocycles. The van der Waals surface area contributed by atoms with Gasteiger partial charge >= 0.3 is 11.9 Å². The number of carbonyl (C=O) groups excluding carboxylic acids is 3. The van der Waals surface area contributed by atoms with Gasteiger partial charge in [-0.15, -0.1) is 0 Å². The lowest BCUT2D eigenvalue weighted by Crippen LogP contribution is -2.44. The van der Waals surface area contributed by atoms with E-state index in [1.54, 1.807) is 0 Å². The Kier molecular flexibility index (Phi) is 5.51. The summed E-state index contributed by atoms with van der Waals surface area (Å²) < 4.78 is 9.59. The second kappa shape index (κ2) is 7.42. The van der Waals surface area contributed by atoms with Gasteiger partial charge in [0.1, 0.15) is 0 Å². The molecule has 1 aliphatic carbocycles. The van der Waals surface area contributed by atoms with Crippen LogP contribution in [0.1, 0.15) is 36.0 Å². The fourth-order valence-electron chi connectivity index (χ4n) is 3.45. The number of methoxy groups -OCH3 is 2. The summed E-state index contributed by atoms with van der Waals surface area (Å²) in [7, 11) is 2.39. The zero-order valence-electron chi connectivity index (χ0n) is 14.0. The van der Waals surface area contributed by atoms with Crippen molar-refractivity contribution in [1.82, 2.24) is 0 Å². The maximum absolute atomic E-state index is 12.5. The number of non-ortho nitro benzene ring substituents is 1. The maximum Gasteiger partial charge on any atom is 0.323 e. The highest BCUT2D eigenvalue weighted by Gasteiger charge is 2.57. The van der Waals surface area contributed by atoms with Crippen LogP contribution in [0.2, 0.25) is 0 Å². The van der Waals surface area contributed by atoms with Crippen LogP contribution < -0.4 is 0 Å². The Balaban J connectivity index is 2.24. The largest absolute Gasteiger partial charge is 0.468 e. The number of hydrogen-bond donors (Lipinski definition) is 0. The summed E-state index contributed by atoms with van der Waals surface area (Å²) in [6, 6.07) is 5.23. The smallest absolute Gasteiger partial charge is 0.323 e. The van der Waals surface area contributed by atoms with Crippen molar-refractivity contribution in [3.8, 4) is 0 Å². The number of nitro groups is 1. The molecule has 8 nitrogen and oxygen atoms in total. The van der Waals surface area contributed by atoms with Gasteiger partial charge in [-0.25, -0.2) is 0 Å². The average molecular weight is 349 g/mol. The van der Waals surface area contributed by atoms with Gasteiger partial charge in [-0.2, -0.15) is 0 Å². The van der Waals surface area contributed by atoms with E-state index >= 15 is 0 Å². The minimum atomic E-state index is -1.47. The third-order valence-corrected chi connectivity index (χ3v) is 4.75. The van der Waals surface area contributed by atoms with Crippen LogP contribution in [0.3, 0.4) is 0 Å². The Hall–Kier alpha value is -2.77. The van der Waals surface area contributed by atoms with Crippen molar-refractivity contribution < 1.29 is 28.8 Å².